The van der Waals surface area contributed by atoms with Crippen LogP contribution in [0.25, 0.3) is 44.2 Å². The first kappa shape index (κ1) is 13.9. The van der Waals surface area contributed by atoms with Gasteiger partial charge in [-0.25, -0.2) is 0 Å². The molecule has 25 heavy (non-hydrogen) atoms. The summed E-state index contributed by atoms with van der Waals surface area (Å²) in [6.07, 6.45) is 5.57. The molecule has 0 aliphatic carbocycles. The normalized spacial score (nSPS) is 11.2. The second-order valence-electron chi connectivity index (χ2n) is 6.07. The highest BCUT2D eigenvalue weighted by Crippen LogP contribution is 2.34. The van der Waals surface area contributed by atoms with Crippen LogP contribution in [0.3, 0.4) is 0 Å². The molecule has 0 aliphatic heterocycles. The summed E-state index contributed by atoms with van der Waals surface area (Å²) >= 11 is 0. The number of H-pyrrole nitrogens is 1. The molecule has 0 radical (unpaired) electrons. The molecule has 0 unspecified atom stereocenters. The Bertz CT molecular complexity index is 1190. The first-order valence-corrected chi connectivity index (χ1v) is 8.26. The topological polar surface area (TPSA) is 41.6 Å². The predicted octanol–water partition coefficient (Wildman–Crippen LogP) is 5.45. The zero-order valence-electron chi connectivity index (χ0n) is 13.5. The molecule has 5 aromatic rings. The zero-order valence-corrected chi connectivity index (χ0v) is 13.5. The summed E-state index contributed by atoms with van der Waals surface area (Å²) in [5.74, 6) is 0. The number of hydrogen-bond donors (Lipinski definition) is 1. The van der Waals surface area contributed by atoms with E-state index in [0.29, 0.717) is 0 Å². The molecule has 0 saturated heterocycles. The lowest BCUT2D eigenvalue weighted by molar-refractivity contribution is 1.33. The van der Waals surface area contributed by atoms with Crippen LogP contribution in [-0.2, 0) is 0 Å². The van der Waals surface area contributed by atoms with Gasteiger partial charge in [-0.15, -0.1) is 0 Å². The molecule has 0 spiro atoms. The van der Waals surface area contributed by atoms with Crippen molar-refractivity contribution in [3.63, 3.8) is 0 Å². The molecule has 3 aromatic heterocycles. The van der Waals surface area contributed by atoms with Gasteiger partial charge in [-0.05, 0) is 41.5 Å². The minimum absolute atomic E-state index is 0.985. The number of nitrogens with one attached hydrogen (secondary N) is 1. The van der Waals surface area contributed by atoms with Crippen molar-refractivity contribution < 1.29 is 0 Å². The molecule has 0 aliphatic rings. The average Bonchev–Trinajstić information content (AvgIpc) is 3.06. The van der Waals surface area contributed by atoms with Crippen LogP contribution in [0.1, 0.15) is 0 Å². The minimum Gasteiger partial charge on any atom is -0.354 e. The fraction of sp³-hybridized carbons (Fsp3) is 0. The quantitative estimate of drug-likeness (QED) is 0.470. The van der Waals surface area contributed by atoms with Crippen molar-refractivity contribution in [2.45, 2.75) is 0 Å². The van der Waals surface area contributed by atoms with Gasteiger partial charge in [0.15, 0.2) is 0 Å². The number of benzene rings is 2. The number of aromatic nitrogens is 3. The Morgan fingerprint density at radius 1 is 0.680 bits per heavy atom. The Morgan fingerprint density at radius 3 is 2.40 bits per heavy atom. The maximum absolute atomic E-state index is 4.52. The Hall–Kier alpha value is -3.46. The average molecular weight is 321 g/mol. The standard InChI is InChI=1S/C22H15N3/c1-2-6-17(20-7-3-4-11-24-20)16(5-1)15-8-9-21-18(13-15)19-14-23-12-10-22(19)25-21/h1-14,25H. The van der Waals surface area contributed by atoms with Gasteiger partial charge in [0.25, 0.3) is 0 Å². The number of aromatic amines is 1. The molecule has 0 amide bonds. The van der Waals surface area contributed by atoms with Gasteiger partial charge in [-0.1, -0.05) is 36.4 Å². The van der Waals surface area contributed by atoms with E-state index in [0.717, 1.165) is 27.7 Å². The Labute approximate surface area is 145 Å². The molecule has 1 N–H and O–H groups in total. The summed E-state index contributed by atoms with van der Waals surface area (Å²) < 4.78 is 0. The Kier molecular flexibility index (Phi) is 3.10. The third-order valence-electron chi connectivity index (χ3n) is 4.58. The van der Waals surface area contributed by atoms with E-state index in [-0.39, 0.29) is 0 Å². The van der Waals surface area contributed by atoms with Crippen molar-refractivity contribution in [3.05, 3.63) is 85.3 Å². The molecular weight excluding hydrogens is 306 g/mol. The largest absolute Gasteiger partial charge is 0.354 e. The SMILES string of the molecule is c1ccc(-c2ccccc2-c2ccc3[nH]c4ccncc4c3c2)nc1. The van der Waals surface area contributed by atoms with E-state index in [1.165, 1.54) is 16.5 Å². The van der Waals surface area contributed by atoms with E-state index in [2.05, 4.69) is 57.4 Å². The van der Waals surface area contributed by atoms with Crippen LogP contribution in [-0.4, -0.2) is 15.0 Å². The minimum atomic E-state index is 0.985. The van der Waals surface area contributed by atoms with Crippen LogP contribution in [0, 0.1) is 0 Å². The van der Waals surface area contributed by atoms with Crippen molar-refractivity contribution in [2.75, 3.05) is 0 Å². The van der Waals surface area contributed by atoms with E-state index >= 15 is 0 Å². The molecule has 0 saturated carbocycles. The van der Waals surface area contributed by atoms with Crippen LogP contribution in [0.15, 0.2) is 85.3 Å². The predicted molar refractivity (Wildman–Crippen MR) is 102 cm³/mol. The first-order chi connectivity index (χ1) is 12.4. The van der Waals surface area contributed by atoms with Crippen molar-refractivity contribution >= 4 is 21.8 Å². The molecule has 5 rings (SSSR count). The molecular formula is C22H15N3. The molecule has 3 nitrogen and oxygen atoms in total. The second-order valence-corrected chi connectivity index (χ2v) is 6.07. The molecule has 3 heterocycles. The summed E-state index contributed by atoms with van der Waals surface area (Å²) in [5.41, 5.74) is 6.72. The molecule has 0 atom stereocenters. The van der Waals surface area contributed by atoms with Crippen LogP contribution < -0.4 is 0 Å². The maximum Gasteiger partial charge on any atom is 0.0708 e. The van der Waals surface area contributed by atoms with Gasteiger partial charge in [0, 0.05) is 46.0 Å². The first-order valence-electron chi connectivity index (χ1n) is 8.26. The molecule has 0 fully saturated rings. The smallest absolute Gasteiger partial charge is 0.0708 e. The van der Waals surface area contributed by atoms with Gasteiger partial charge in [0.1, 0.15) is 0 Å². The van der Waals surface area contributed by atoms with Crippen LogP contribution in [0.5, 0.6) is 0 Å². The highest BCUT2D eigenvalue weighted by atomic mass is 14.7. The summed E-state index contributed by atoms with van der Waals surface area (Å²) in [6, 6.07) is 23.0. The van der Waals surface area contributed by atoms with Gasteiger partial charge >= 0.3 is 0 Å². The van der Waals surface area contributed by atoms with E-state index in [9.17, 15) is 0 Å². The van der Waals surface area contributed by atoms with Crippen molar-refractivity contribution in [1.82, 2.24) is 15.0 Å². The van der Waals surface area contributed by atoms with Gasteiger partial charge in [-0.2, -0.15) is 0 Å². The van der Waals surface area contributed by atoms with Crippen molar-refractivity contribution in [1.29, 1.82) is 0 Å². The molecule has 0 bridgehead atoms. The van der Waals surface area contributed by atoms with Crippen LogP contribution in [0.2, 0.25) is 0 Å². The lowest BCUT2D eigenvalue weighted by Gasteiger charge is -2.09. The van der Waals surface area contributed by atoms with E-state index < -0.39 is 0 Å². The number of hydrogen-bond acceptors (Lipinski definition) is 2. The number of fused-ring (bicyclic) bond motifs is 3. The second kappa shape index (κ2) is 5.56. The Balaban J connectivity index is 1.75. The molecule has 3 heteroatoms. The fourth-order valence-corrected chi connectivity index (χ4v) is 3.39. The number of pyridine rings is 2. The highest BCUT2D eigenvalue weighted by molar-refractivity contribution is 6.08. The van der Waals surface area contributed by atoms with E-state index in [1.54, 1.807) is 0 Å². The van der Waals surface area contributed by atoms with Gasteiger partial charge in [0.05, 0.1) is 5.69 Å². The van der Waals surface area contributed by atoms with E-state index in [4.69, 9.17) is 0 Å². The third kappa shape index (κ3) is 2.29. The summed E-state index contributed by atoms with van der Waals surface area (Å²) in [5, 5.41) is 2.34. The van der Waals surface area contributed by atoms with Crippen molar-refractivity contribution in [2.24, 2.45) is 0 Å². The number of nitrogens with zero attached hydrogens (tertiary/aromatic N) is 2. The van der Waals surface area contributed by atoms with E-state index in [1.807, 2.05) is 42.9 Å². The van der Waals surface area contributed by atoms with Gasteiger partial charge < -0.3 is 4.98 Å². The monoisotopic (exact) mass is 321 g/mol. The maximum atomic E-state index is 4.52. The fourth-order valence-electron chi connectivity index (χ4n) is 3.39. The van der Waals surface area contributed by atoms with Gasteiger partial charge in [-0.3, -0.25) is 9.97 Å². The third-order valence-corrected chi connectivity index (χ3v) is 4.58. The van der Waals surface area contributed by atoms with Gasteiger partial charge in [0.2, 0.25) is 0 Å². The lowest BCUT2D eigenvalue weighted by Crippen LogP contribution is -1.87. The van der Waals surface area contributed by atoms with Crippen LogP contribution in [0.4, 0.5) is 0 Å². The lowest BCUT2D eigenvalue weighted by atomic mass is 9.96. The van der Waals surface area contributed by atoms with Crippen LogP contribution >= 0.6 is 0 Å². The summed E-state index contributed by atoms with van der Waals surface area (Å²) in [4.78, 5) is 12.2. The summed E-state index contributed by atoms with van der Waals surface area (Å²) in [6.45, 7) is 0. The molecule has 2 aromatic carbocycles. The Morgan fingerprint density at radius 2 is 1.52 bits per heavy atom. The van der Waals surface area contributed by atoms with Crippen molar-refractivity contribution in [3.8, 4) is 22.4 Å². The number of rotatable bonds is 2. The molecule has 118 valence electrons. The highest BCUT2D eigenvalue weighted by Gasteiger charge is 2.10. The zero-order chi connectivity index (χ0) is 16.6. The summed E-state index contributed by atoms with van der Waals surface area (Å²) in [7, 11) is 0.